The quantitative estimate of drug-likeness (QED) is 0.775. The molecule has 24 heavy (non-hydrogen) atoms. The average molecular weight is 324 g/mol. The molecule has 0 heterocycles. The van der Waals surface area contributed by atoms with Gasteiger partial charge in [0.1, 0.15) is 0 Å². The van der Waals surface area contributed by atoms with Crippen molar-refractivity contribution in [3.05, 3.63) is 60.7 Å². The van der Waals surface area contributed by atoms with Gasteiger partial charge in [0.25, 0.3) is 0 Å². The molecule has 4 nitrogen and oxygen atoms in total. The Morgan fingerprint density at radius 3 is 1.83 bits per heavy atom. The van der Waals surface area contributed by atoms with Crippen molar-refractivity contribution < 1.29 is 9.59 Å². The van der Waals surface area contributed by atoms with Crippen molar-refractivity contribution in [3.8, 4) is 0 Å². The first kappa shape index (κ1) is 17.7. The maximum atomic E-state index is 12.4. The largest absolute Gasteiger partial charge is 0.316 e. The Hall–Kier alpha value is -2.62. The first-order valence-electron chi connectivity index (χ1n) is 8.30. The molecule has 0 atom stereocenters. The van der Waals surface area contributed by atoms with E-state index in [4.69, 9.17) is 0 Å². The number of rotatable bonds is 7. The third kappa shape index (κ3) is 4.69. The highest BCUT2D eigenvalue weighted by molar-refractivity contribution is 5.95. The van der Waals surface area contributed by atoms with E-state index in [1.165, 1.54) is 0 Å². The second-order valence-electron chi connectivity index (χ2n) is 5.62. The van der Waals surface area contributed by atoms with Crippen LogP contribution in [0.4, 0.5) is 11.4 Å². The molecule has 2 amide bonds. The van der Waals surface area contributed by atoms with Gasteiger partial charge in [0.05, 0.1) is 0 Å². The van der Waals surface area contributed by atoms with E-state index in [1.807, 2.05) is 67.6 Å². The van der Waals surface area contributed by atoms with Crippen LogP contribution < -0.4 is 9.80 Å². The van der Waals surface area contributed by atoms with E-state index in [0.717, 1.165) is 11.4 Å². The molecule has 2 aromatic rings. The highest BCUT2D eigenvalue weighted by atomic mass is 16.2. The van der Waals surface area contributed by atoms with Gasteiger partial charge >= 0.3 is 0 Å². The summed E-state index contributed by atoms with van der Waals surface area (Å²) in [4.78, 5) is 28.0. The molecule has 4 heteroatoms. The summed E-state index contributed by atoms with van der Waals surface area (Å²) in [6, 6.07) is 19.2. The van der Waals surface area contributed by atoms with Gasteiger partial charge in [-0.3, -0.25) is 9.59 Å². The number of nitrogens with zero attached hydrogens (tertiary/aromatic N) is 2. The van der Waals surface area contributed by atoms with Crippen LogP contribution in [0.25, 0.3) is 0 Å². The molecule has 0 unspecified atom stereocenters. The fraction of sp³-hybridized carbons (Fsp3) is 0.300. The Labute approximate surface area is 143 Å². The van der Waals surface area contributed by atoms with Crippen molar-refractivity contribution in [3.63, 3.8) is 0 Å². The average Bonchev–Trinajstić information content (AvgIpc) is 2.63. The van der Waals surface area contributed by atoms with Crippen LogP contribution in [-0.2, 0) is 9.59 Å². The van der Waals surface area contributed by atoms with Gasteiger partial charge in [-0.25, -0.2) is 0 Å². The molecule has 2 aromatic carbocycles. The minimum Gasteiger partial charge on any atom is -0.316 e. The van der Waals surface area contributed by atoms with Crippen LogP contribution in [0.2, 0.25) is 0 Å². The molecule has 0 saturated carbocycles. The highest BCUT2D eigenvalue weighted by Gasteiger charge is 2.15. The van der Waals surface area contributed by atoms with Crippen LogP contribution >= 0.6 is 0 Å². The fourth-order valence-corrected chi connectivity index (χ4v) is 2.60. The second kappa shape index (κ2) is 8.87. The molecule has 0 N–H and O–H groups in total. The molecule has 0 saturated heterocycles. The lowest BCUT2D eigenvalue weighted by molar-refractivity contribution is -0.119. The molecule has 0 bridgehead atoms. The lowest BCUT2D eigenvalue weighted by Gasteiger charge is -2.21. The minimum absolute atomic E-state index is 0.0248. The molecule has 0 aromatic heterocycles. The number of amides is 2. The predicted octanol–water partition coefficient (Wildman–Crippen LogP) is 3.87. The van der Waals surface area contributed by atoms with Crippen LogP contribution in [0, 0.1) is 0 Å². The summed E-state index contributed by atoms with van der Waals surface area (Å²) in [7, 11) is 1.77. The lowest BCUT2D eigenvalue weighted by Crippen LogP contribution is -2.31. The van der Waals surface area contributed by atoms with E-state index in [0.29, 0.717) is 25.8 Å². The molecule has 0 spiro atoms. The van der Waals surface area contributed by atoms with Crippen LogP contribution in [-0.4, -0.2) is 25.4 Å². The number of anilines is 2. The van der Waals surface area contributed by atoms with Crippen LogP contribution in [0.3, 0.4) is 0 Å². The van der Waals surface area contributed by atoms with Gasteiger partial charge in [-0.1, -0.05) is 36.4 Å². The predicted molar refractivity (Wildman–Crippen MR) is 98.2 cm³/mol. The number of carbonyl (C=O) groups excluding carboxylic acids is 2. The highest BCUT2D eigenvalue weighted by Crippen LogP contribution is 2.16. The summed E-state index contributed by atoms with van der Waals surface area (Å²) in [6.45, 7) is 2.58. The Balaban J connectivity index is 1.84. The Morgan fingerprint density at radius 2 is 1.29 bits per heavy atom. The third-order valence-corrected chi connectivity index (χ3v) is 3.98. The summed E-state index contributed by atoms with van der Waals surface area (Å²) in [5, 5.41) is 0. The monoisotopic (exact) mass is 324 g/mol. The molecule has 0 radical (unpaired) electrons. The SMILES string of the molecule is CCN(C(=O)CCCC(=O)N(C)c1ccccc1)c1ccccc1. The van der Waals surface area contributed by atoms with Gasteiger partial charge in [0.15, 0.2) is 0 Å². The van der Waals surface area contributed by atoms with Crippen molar-refractivity contribution in [1.29, 1.82) is 0 Å². The van der Waals surface area contributed by atoms with E-state index < -0.39 is 0 Å². The summed E-state index contributed by atoms with van der Waals surface area (Å²) in [5.41, 5.74) is 1.77. The van der Waals surface area contributed by atoms with Gasteiger partial charge in [0.2, 0.25) is 11.8 Å². The fourth-order valence-electron chi connectivity index (χ4n) is 2.60. The van der Waals surface area contributed by atoms with Crippen LogP contribution in [0.15, 0.2) is 60.7 Å². The van der Waals surface area contributed by atoms with E-state index >= 15 is 0 Å². The van der Waals surface area contributed by atoms with Crippen LogP contribution in [0.1, 0.15) is 26.2 Å². The summed E-state index contributed by atoms with van der Waals surface area (Å²) in [5.74, 6) is 0.0793. The van der Waals surface area contributed by atoms with Gasteiger partial charge in [-0.2, -0.15) is 0 Å². The Kier molecular flexibility index (Phi) is 6.55. The molecule has 126 valence electrons. The van der Waals surface area contributed by atoms with E-state index in [1.54, 1.807) is 16.8 Å². The summed E-state index contributed by atoms with van der Waals surface area (Å²) in [6.07, 6.45) is 1.29. The van der Waals surface area contributed by atoms with Crippen molar-refractivity contribution in [2.45, 2.75) is 26.2 Å². The zero-order chi connectivity index (χ0) is 17.4. The standard InChI is InChI=1S/C20H24N2O2/c1-3-22(18-13-8-5-9-14-18)20(24)16-10-15-19(23)21(2)17-11-6-4-7-12-17/h4-9,11-14H,3,10,15-16H2,1-2H3. The van der Waals surface area contributed by atoms with Gasteiger partial charge in [-0.15, -0.1) is 0 Å². The third-order valence-electron chi connectivity index (χ3n) is 3.98. The van der Waals surface area contributed by atoms with E-state index in [9.17, 15) is 9.59 Å². The van der Waals surface area contributed by atoms with Crippen molar-refractivity contribution in [2.24, 2.45) is 0 Å². The zero-order valence-corrected chi connectivity index (χ0v) is 14.3. The molecule has 0 fully saturated rings. The molecule has 2 rings (SSSR count). The normalized spacial score (nSPS) is 10.2. The Bertz CT molecular complexity index is 656. The smallest absolute Gasteiger partial charge is 0.226 e. The van der Waals surface area contributed by atoms with E-state index in [2.05, 4.69) is 0 Å². The minimum atomic E-state index is 0.0248. The maximum Gasteiger partial charge on any atom is 0.226 e. The van der Waals surface area contributed by atoms with Gasteiger partial charge < -0.3 is 9.80 Å². The van der Waals surface area contributed by atoms with E-state index in [-0.39, 0.29) is 11.8 Å². The molecular weight excluding hydrogens is 300 g/mol. The van der Waals surface area contributed by atoms with Gasteiger partial charge in [0, 0.05) is 37.8 Å². The number of hydrogen-bond donors (Lipinski definition) is 0. The lowest BCUT2D eigenvalue weighted by atomic mass is 10.2. The molecule has 0 aliphatic heterocycles. The number of benzene rings is 2. The first-order valence-corrected chi connectivity index (χ1v) is 8.30. The van der Waals surface area contributed by atoms with Crippen molar-refractivity contribution >= 4 is 23.2 Å². The van der Waals surface area contributed by atoms with Crippen molar-refractivity contribution in [1.82, 2.24) is 0 Å². The van der Waals surface area contributed by atoms with Crippen molar-refractivity contribution in [2.75, 3.05) is 23.4 Å². The molecule has 0 aliphatic rings. The topological polar surface area (TPSA) is 40.6 Å². The van der Waals surface area contributed by atoms with Crippen LogP contribution in [0.5, 0.6) is 0 Å². The molecular formula is C20H24N2O2. The zero-order valence-electron chi connectivity index (χ0n) is 14.3. The maximum absolute atomic E-state index is 12.4. The number of carbonyl (C=O) groups is 2. The molecule has 0 aliphatic carbocycles. The number of para-hydroxylation sites is 2. The summed E-state index contributed by atoms with van der Waals surface area (Å²) >= 11 is 0. The summed E-state index contributed by atoms with van der Waals surface area (Å²) < 4.78 is 0. The van der Waals surface area contributed by atoms with Gasteiger partial charge in [-0.05, 0) is 37.6 Å². The second-order valence-corrected chi connectivity index (χ2v) is 5.62. The number of hydrogen-bond acceptors (Lipinski definition) is 2. The Morgan fingerprint density at radius 1 is 0.792 bits per heavy atom. The first-order chi connectivity index (χ1) is 11.6.